The second-order valence-electron chi connectivity index (χ2n) is 5.86. The number of benzene rings is 1. The summed E-state index contributed by atoms with van der Waals surface area (Å²) in [7, 11) is 0. The molecule has 0 fully saturated rings. The van der Waals surface area contributed by atoms with Crippen LogP contribution in [0.3, 0.4) is 0 Å². The Bertz CT molecular complexity index is 604. The molecule has 1 heterocycles. The topological polar surface area (TPSA) is 78.9 Å². The summed E-state index contributed by atoms with van der Waals surface area (Å²) in [6, 6.07) is 5.08. The summed E-state index contributed by atoms with van der Waals surface area (Å²) < 4.78 is 5.72. The molecule has 0 spiro atoms. The Morgan fingerprint density at radius 3 is 2.87 bits per heavy atom. The third-order valence-corrected chi connectivity index (χ3v) is 3.79. The van der Waals surface area contributed by atoms with Gasteiger partial charge in [-0.2, -0.15) is 0 Å². The summed E-state index contributed by atoms with van der Waals surface area (Å²) in [4.78, 5) is 25.9. The molecule has 1 aromatic rings. The lowest BCUT2D eigenvalue weighted by Gasteiger charge is -2.38. The number of carbonyl (C=O) groups excluding carboxylic acids is 2. The highest BCUT2D eigenvalue weighted by atomic mass is 35.5. The molecule has 2 rings (SSSR count). The van der Waals surface area contributed by atoms with E-state index in [1.54, 1.807) is 32.0 Å². The number of hydrogen-bond donors (Lipinski definition) is 2. The highest BCUT2D eigenvalue weighted by Gasteiger charge is 2.40. The minimum absolute atomic E-state index is 0.0301. The summed E-state index contributed by atoms with van der Waals surface area (Å²) in [5.74, 6) is 0.189. The van der Waals surface area contributed by atoms with Crippen molar-refractivity contribution in [3.8, 4) is 5.75 Å². The van der Waals surface area contributed by atoms with Crippen molar-refractivity contribution in [1.29, 1.82) is 0 Å². The SMILES string of the molecule is CC1(C)Oc2ccc(Cl)cc2N(CCC(=O)NCCCO)C1=O. The zero-order chi connectivity index (χ0) is 17.0. The van der Waals surface area contributed by atoms with E-state index >= 15 is 0 Å². The Morgan fingerprint density at radius 1 is 1.43 bits per heavy atom. The number of amides is 2. The molecule has 0 radical (unpaired) electrons. The van der Waals surface area contributed by atoms with Gasteiger partial charge in [0.25, 0.3) is 5.91 Å². The number of anilines is 1. The molecule has 6 nitrogen and oxygen atoms in total. The molecule has 0 aliphatic carbocycles. The smallest absolute Gasteiger partial charge is 0.270 e. The molecular weight excluding hydrogens is 320 g/mol. The maximum Gasteiger partial charge on any atom is 0.270 e. The van der Waals surface area contributed by atoms with Crippen LogP contribution < -0.4 is 15.0 Å². The van der Waals surface area contributed by atoms with Gasteiger partial charge in [0, 0.05) is 31.1 Å². The number of aliphatic hydroxyl groups excluding tert-OH is 1. The van der Waals surface area contributed by atoms with Gasteiger partial charge in [-0.05, 0) is 38.5 Å². The Balaban J connectivity index is 2.12. The Kier molecular flexibility index (Phi) is 5.49. The van der Waals surface area contributed by atoms with Crippen LogP contribution in [-0.2, 0) is 9.59 Å². The van der Waals surface area contributed by atoms with Crippen molar-refractivity contribution in [2.45, 2.75) is 32.3 Å². The average molecular weight is 341 g/mol. The minimum atomic E-state index is -0.992. The van der Waals surface area contributed by atoms with Gasteiger partial charge >= 0.3 is 0 Å². The molecule has 1 aliphatic heterocycles. The van der Waals surface area contributed by atoms with Gasteiger partial charge in [0.15, 0.2) is 5.60 Å². The maximum atomic E-state index is 12.6. The van der Waals surface area contributed by atoms with Crippen molar-refractivity contribution < 1.29 is 19.4 Å². The van der Waals surface area contributed by atoms with E-state index in [1.165, 1.54) is 4.90 Å². The number of nitrogens with one attached hydrogen (secondary N) is 1. The number of halogens is 1. The van der Waals surface area contributed by atoms with Gasteiger partial charge in [-0.1, -0.05) is 11.6 Å². The van der Waals surface area contributed by atoms with Crippen molar-refractivity contribution in [3.63, 3.8) is 0 Å². The molecule has 1 aromatic carbocycles. The molecule has 7 heteroatoms. The van der Waals surface area contributed by atoms with Crippen LogP contribution in [0.1, 0.15) is 26.7 Å². The molecule has 0 unspecified atom stereocenters. The highest BCUT2D eigenvalue weighted by Crippen LogP contribution is 2.39. The fourth-order valence-electron chi connectivity index (χ4n) is 2.37. The Hall–Kier alpha value is -1.79. The predicted octanol–water partition coefficient (Wildman–Crippen LogP) is 1.73. The first-order valence-electron chi connectivity index (χ1n) is 7.53. The fourth-order valence-corrected chi connectivity index (χ4v) is 2.54. The molecule has 0 bridgehead atoms. The minimum Gasteiger partial charge on any atom is -0.476 e. The molecule has 126 valence electrons. The summed E-state index contributed by atoms with van der Waals surface area (Å²) >= 11 is 6.01. The largest absolute Gasteiger partial charge is 0.476 e. The molecular formula is C16H21ClN2O4. The molecule has 0 atom stereocenters. The summed E-state index contributed by atoms with van der Waals surface area (Å²) in [6.07, 6.45) is 0.674. The van der Waals surface area contributed by atoms with E-state index in [1.807, 2.05) is 0 Å². The van der Waals surface area contributed by atoms with Crippen molar-refractivity contribution >= 4 is 29.1 Å². The van der Waals surface area contributed by atoms with E-state index < -0.39 is 5.60 Å². The number of fused-ring (bicyclic) bond motifs is 1. The standard InChI is InChI=1S/C16H21ClN2O4/c1-16(2)15(22)19(8-6-14(21)18-7-3-9-20)12-10-11(17)4-5-13(12)23-16/h4-5,10,20H,3,6-9H2,1-2H3,(H,18,21). The van der Waals surface area contributed by atoms with Crippen molar-refractivity contribution in [3.05, 3.63) is 23.2 Å². The first-order valence-corrected chi connectivity index (χ1v) is 7.91. The monoisotopic (exact) mass is 340 g/mol. The second kappa shape index (κ2) is 7.19. The number of hydrogen-bond acceptors (Lipinski definition) is 4. The molecule has 23 heavy (non-hydrogen) atoms. The Morgan fingerprint density at radius 2 is 2.17 bits per heavy atom. The molecule has 0 aromatic heterocycles. The van der Waals surface area contributed by atoms with Crippen LogP contribution in [0.2, 0.25) is 5.02 Å². The number of carbonyl (C=O) groups is 2. The van der Waals surface area contributed by atoms with Crippen molar-refractivity contribution in [2.75, 3.05) is 24.6 Å². The van der Waals surface area contributed by atoms with Crippen LogP contribution >= 0.6 is 11.6 Å². The normalized spacial score (nSPS) is 15.8. The summed E-state index contributed by atoms with van der Waals surface area (Å²) in [5.41, 5.74) is -0.418. The van der Waals surface area contributed by atoms with Crippen LogP contribution in [0, 0.1) is 0 Å². The van der Waals surface area contributed by atoms with Gasteiger partial charge in [-0.15, -0.1) is 0 Å². The van der Waals surface area contributed by atoms with Crippen LogP contribution in [0.25, 0.3) is 0 Å². The van der Waals surface area contributed by atoms with Gasteiger partial charge in [-0.3, -0.25) is 9.59 Å². The lowest BCUT2D eigenvalue weighted by atomic mass is 10.0. The number of nitrogens with zero attached hydrogens (tertiary/aromatic N) is 1. The van der Waals surface area contributed by atoms with Gasteiger partial charge < -0.3 is 20.1 Å². The molecule has 0 saturated heterocycles. The van der Waals surface area contributed by atoms with E-state index in [2.05, 4.69) is 5.32 Å². The number of rotatable bonds is 6. The van der Waals surface area contributed by atoms with Crippen molar-refractivity contribution in [2.24, 2.45) is 0 Å². The van der Waals surface area contributed by atoms with Crippen LogP contribution in [0.15, 0.2) is 18.2 Å². The third-order valence-electron chi connectivity index (χ3n) is 3.56. The second-order valence-corrected chi connectivity index (χ2v) is 6.29. The maximum absolute atomic E-state index is 12.6. The first kappa shape index (κ1) is 17.6. The zero-order valence-electron chi connectivity index (χ0n) is 13.3. The van der Waals surface area contributed by atoms with E-state index in [-0.39, 0.29) is 31.4 Å². The first-order chi connectivity index (χ1) is 10.8. The lowest BCUT2D eigenvalue weighted by Crippen LogP contribution is -2.53. The number of aliphatic hydroxyl groups is 1. The third kappa shape index (κ3) is 4.14. The average Bonchev–Trinajstić information content (AvgIpc) is 2.49. The molecule has 1 aliphatic rings. The summed E-state index contributed by atoms with van der Waals surface area (Å²) in [6.45, 7) is 4.08. The summed E-state index contributed by atoms with van der Waals surface area (Å²) in [5, 5.41) is 11.9. The van der Waals surface area contributed by atoms with Gasteiger partial charge in [0.2, 0.25) is 5.91 Å². The van der Waals surface area contributed by atoms with Crippen LogP contribution in [0.4, 0.5) is 5.69 Å². The van der Waals surface area contributed by atoms with Crippen LogP contribution in [0.5, 0.6) is 5.75 Å². The molecule has 2 N–H and O–H groups in total. The predicted molar refractivity (Wildman–Crippen MR) is 87.8 cm³/mol. The van der Waals surface area contributed by atoms with Gasteiger partial charge in [0.1, 0.15) is 5.75 Å². The Labute approximate surface area is 140 Å². The molecule has 0 saturated carbocycles. The molecule has 2 amide bonds. The lowest BCUT2D eigenvalue weighted by molar-refractivity contribution is -0.132. The van der Waals surface area contributed by atoms with Crippen molar-refractivity contribution in [1.82, 2.24) is 5.32 Å². The van der Waals surface area contributed by atoms with Gasteiger partial charge in [0.05, 0.1) is 5.69 Å². The number of ether oxygens (including phenoxy) is 1. The fraction of sp³-hybridized carbons (Fsp3) is 0.500. The quantitative estimate of drug-likeness (QED) is 0.773. The van der Waals surface area contributed by atoms with E-state index in [0.717, 1.165) is 0 Å². The van der Waals surface area contributed by atoms with E-state index in [0.29, 0.717) is 29.4 Å². The van der Waals surface area contributed by atoms with E-state index in [9.17, 15) is 9.59 Å². The van der Waals surface area contributed by atoms with Crippen LogP contribution in [-0.4, -0.2) is 42.2 Å². The zero-order valence-corrected chi connectivity index (χ0v) is 14.0. The van der Waals surface area contributed by atoms with E-state index in [4.69, 9.17) is 21.4 Å². The van der Waals surface area contributed by atoms with Gasteiger partial charge in [-0.25, -0.2) is 0 Å². The highest BCUT2D eigenvalue weighted by molar-refractivity contribution is 6.31.